The molecule has 0 N–H and O–H groups in total. The average Bonchev–Trinajstić information content (AvgIpc) is 2.57. The summed E-state index contributed by atoms with van der Waals surface area (Å²) in [7, 11) is 5.31. The van der Waals surface area contributed by atoms with Gasteiger partial charge < -0.3 is 9.80 Å². The maximum atomic E-state index is 14.0. The number of hydrogen-bond donors (Lipinski definition) is 0. The fraction of sp³-hybridized carbons (Fsp3) is 0.158. The van der Waals surface area contributed by atoms with Gasteiger partial charge in [0, 0.05) is 44.5 Å². The van der Waals surface area contributed by atoms with Crippen molar-refractivity contribution in [2.45, 2.75) is 0 Å². The first-order valence-corrected chi connectivity index (χ1v) is 7.57. The van der Waals surface area contributed by atoms with E-state index in [1.165, 1.54) is 18.3 Å². The van der Waals surface area contributed by atoms with E-state index in [-0.39, 0.29) is 11.7 Å². The Morgan fingerprint density at radius 2 is 1.88 bits per heavy atom. The Kier molecular flexibility index (Phi) is 4.16. The van der Waals surface area contributed by atoms with Gasteiger partial charge in [-0.15, -0.1) is 0 Å². The molecule has 1 aliphatic heterocycles. The molecule has 0 fully saturated rings. The quantitative estimate of drug-likeness (QED) is 0.851. The molecule has 3 rings (SSSR count). The number of aliphatic imine (C=N–C) groups is 1. The summed E-state index contributed by atoms with van der Waals surface area (Å²) < 4.78 is 14.0. The minimum atomic E-state index is -0.286. The summed E-state index contributed by atoms with van der Waals surface area (Å²) in [5.41, 5.74) is 3.57. The summed E-state index contributed by atoms with van der Waals surface area (Å²) in [6, 6.07) is 12.5. The van der Waals surface area contributed by atoms with Gasteiger partial charge in [0.1, 0.15) is 5.82 Å². The number of amides is 1. The summed E-state index contributed by atoms with van der Waals surface area (Å²) in [6.07, 6.45) is 2.91. The smallest absolute Gasteiger partial charge is 0.252 e. The molecule has 1 amide bonds. The summed E-state index contributed by atoms with van der Waals surface area (Å²) in [5.74, 6) is -0.426. The van der Waals surface area contributed by atoms with Crippen molar-refractivity contribution in [2.24, 2.45) is 4.99 Å². The molecule has 0 saturated heterocycles. The monoisotopic (exact) mass is 323 g/mol. The third-order valence-corrected chi connectivity index (χ3v) is 3.97. The van der Waals surface area contributed by atoms with Crippen LogP contribution in [-0.4, -0.2) is 32.8 Å². The van der Waals surface area contributed by atoms with Crippen LogP contribution in [0.3, 0.4) is 0 Å². The fourth-order valence-corrected chi connectivity index (χ4v) is 2.67. The predicted molar refractivity (Wildman–Crippen MR) is 95.4 cm³/mol. The van der Waals surface area contributed by atoms with Gasteiger partial charge in [0.05, 0.1) is 17.1 Å². The van der Waals surface area contributed by atoms with Gasteiger partial charge in [0.25, 0.3) is 5.91 Å². The van der Waals surface area contributed by atoms with Crippen molar-refractivity contribution in [3.05, 3.63) is 71.7 Å². The van der Waals surface area contributed by atoms with Gasteiger partial charge in [-0.25, -0.2) is 4.39 Å². The maximum absolute atomic E-state index is 14.0. The average molecular weight is 323 g/mol. The van der Waals surface area contributed by atoms with Crippen molar-refractivity contribution in [2.75, 3.05) is 30.9 Å². The van der Waals surface area contributed by atoms with Crippen LogP contribution in [0.25, 0.3) is 0 Å². The Labute approximate surface area is 140 Å². The molecule has 5 heteroatoms. The molecule has 0 spiro atoms. The largest absolute Gasteiger partial charge is 0.375 e. The van der Waals surface area contributed by atoms with E-state index in [0.29, 0.717) is 11.4 Å². The summed E-state index contributed by atoms with van der Waals surface area (Å²) in [6.45, 7) is 0. The highest BCUT2D eigenvalue weighted by Gasteiger charge is 2.19. The summed E-state index contributed by atoms with van der Waals surface area (Å²) >= 11 is 0. The molecular weight excluding hydrogens is 305 g/mol. The molecule has 4 nitrogen and oxygen atoms in total. The highest BCUT2D eigenvalue weighted by Crippen LogP contribution is 2.27. The highest BCUT2D eigenvalue weighted by molar-refractivity contribution is 6.19. The van der Waals surface area contributed by atoms with Gasteiger partial charge in [-0.1, -0.05) is 18.2 Å². The molecule has 1 aliphatic rings. The van der Waals surface area contributed by atoms with Crippen molar-refractivity contribution in [1.29, 1.82) is 0 Å². The van der Waals surface area contributed by atoms with E-state index in [1.54, 1.807) is 43.1 Å². The number of anilines is 2. The number of carbonyl (C=O) groups is 1. The van der Waals surface area contributed by atoms with Crippen LogP contribution in [0.5, 0.6) is 0 Å². The molecule has 0 radical (unpaired) electrons. The number of halogens is 1. The van der Waals surface area contributed by atoms with Crippen molar-refractivity contribution < 1.29 is 9.18 Å². The van der Waals surface area contributed by atoms with E-state index >= 15 is 0 Å². The van der Waals surface area contributed by atoms with Crippen LogP contribution < -0.4 is 9.80 Å². The van der Waals surface area contributed by atoms with Gasteiger partial charge >= 0.3 is 0 Å². The lowest BCUT2D eigenvalue weighted by Gasteiger charge is -2.22. The van der Waals surface area contributed by atoms with Crippen LogP contribution in [0.15, 0.2) is 59.7 Å². The van der Waals surface area contributed by atoms with Gasteiger partial charge in [-0.05, 0) is 24.3 Å². The summed E-state index contributed by atoms with van der Waals surface area (Å²) in [4.78, 5) is 19.8. The Balaban J connectivity index is 2.21. The van der Waals surface area contributed by atoms with Crippen molar-refractivity contribution in [3.8, 4) is 0 Å². The van der Waals surface area contributed by atoms with Gasteiger partial charge in [-0.2, -0.15) is 0 Å². The van der Waals surface area contributed by atoms with Crippen LogP contribution in [0, 0.1) is 5.82 Å². The molecule has 1 heterocycles. The molecule has 2 aromatic carbocycles. The second kappa shape index (κ2) is 6.28. The van der Waals surface area contributed by atoms with Crippen molar-refractivity contribution >= 4 is 23.0 Å². The number of para-hydroxylation sites is 1. The van der Waals surface area contributed by atoms with E-state index in [4.69, 9.17) is 0 Å². The molecule has 24 heavy (non-hydrogen) atoms. The Morgan fingerprint density at radius 3 is 2.62 bits per heavy atom. The molecule has 0 saturated carbocycles. The SMILES string of the molecule is CN(C)c1cc(C2=N/C=C\C(=O)N(C)c3ccccc32)ccc1F. The van der Waals surface area contributed by atoms with E-state index in [0.717, 1.165) is 16.8 Å². The molecule has 0 bridgehead atoms. The number of benzene rings is 2. The molecule has 122 valence electrons. The first-order chi connectivity index (χ1) is 11.5. The molecule has 0 atom stereocenters. The van der Waals surface area contributed by atoms with Crippen LogP contribution in [0.1, 0.15) is 11.1 Å². The summed E-state index contributed by atoms with van der Waals surface area (Å²) in [5, 5.41) is 0. The van der Waals surface area contributed by atoms with E-state index in [2.05, 4.69) is 4.99 Å². The lowest BCUT2D eigenvalue weighted by atomic mass is 9.98. The number of hydrogen-bond acceptors (Lipinski definition) is 3. The first-order valence-electron chi connectivity index (χ1n) is 7.57. The van der Waals surface area contributed by atoms with Crippen LogP contribution >= 0.6 is 0 Å². The maximum Gasteiger partial charge on any atom is 0.252 e. The molecular formula is C19H18FN3O. The number of carbonyl (C=O) groups excluding carboxylic acids is 1. The second-order valence-corrected chi connectivity index (χ2v) is 5.77. The normalized spacial score (nSPS) is 15.2. The third-order valence-electron chi connectivity index (χ3n) is 3.97. The molecule has 2 aromatic rings. The first kappa shape index (κ1) is 15.9. The zero-order valence-electron chi connectivity index (χ0n) is 13.8. The van der Waals surface area contributed by atoms with Crippen LogP contribution in [0.2, 0.25) is 0 Å². The minimum absolute atomic E-state index is 0.140. The highest BCUT2D eigenvalue weighted by atomic mass is 19.1. The zero-order valence-corrected chi connectivity index (χ0v) is 13.8. The van der Waals surface area contributed by atoms with Crippen LogP contribution in [0.4, 0.5) is 15.8 Å². The van der Waals surface area contributed by atoms with Crippen molar-refractivity contribution in [1.82, 2.24) is 0 Å². The van der Waals surface area contributed by atoms with E-state index in [9.17, 15) is 9.18 Å². The number of fused-ring (bicyclic) bond motifs is 1. The molecule has 0 aromatic heterocycles. The number of rotatable bonds is 2. The Hall–Kier alpha value is -2.95. The fourth-order valence-electron chi connectivity index (χ4n) is 2.67. The third kappa shape index (κ3) is 2.80. The topological polar surface area (TPSA) is 35.9 Å². The molecule has 0 unspecified atom stereocenters. The number of nitrogens with zero attached hydrogens (tertiary/aromatic N) is 3. The van der Waals surface area contributed by atoms with Gasteiger partial charge in [-0.3, -0.25) is 9.79 Å². The van der Waals surface area contributed by atoms with Gasteiger partial charge in [0.15, 0.2) is 0 Å². The lowest BCUT2D eigenvalue weighted by Crippen LogP contribution is -2.27. The predicted octanol–water partition coefficient (Wildman–Crippen LogP) is 3.22. The Bertz CT molecular complexity index is 855. The minimum Gasteiger partial charge on any atom is -0.375 e. The lowest BCUT2D eigenvalue weighted by molar-refractivity contribution is -0.113. The van der Waals surface area contributed by atoms with E-state index in [1.807, 2.05) is 24.3 Å². The van der Waals surface area contributed by atoms with Crippen LogP contribution in [-0.2, 0) is 4.79 Å². The van der Waals surface area contributed by atoms with Crippen molar-refractivity contribution in [3.63, 3.8) is 0 Å². The van der Waals surface area contributed by atoms with E-state index < -0.39 is 0 Å². The number of likely N-dealkylation sites (N-methyl/N-ethyl adjacent to an activating group) is 1. The standard InChI is InChI=1S/C19H18FN3O/c1-22(2)17-12-13(8-9-15(17)20)19-14-6-4-5-7-16(14)23(3)18(24)10-11-21-19/h4-12H,1-3H3/b11-10-,21-19?. The van der Waals surface area contributed by atoms with Gasteiger partial charge in [0.2, 0.25) is 0 Å². The molecule has 0 aliphatic carbocycles. The zero-order chi connectivity index (χ0) is 17.3. The second-order valence-electron chi connectivity index (χ2n) is 5.77. The Morgan fingerprint density at radius 1 is 1.12 bits per heavy atom.